The van der Waals surface area contributed by atoms with Gasteiger partial charge in [-0.25, -0.2) is 4.98 Å². The summed E-state index contributed by atoms with van der Waals surface area (Å²) in [6, 6.07) is 1.48. The maximum atomic E-state index is 11.3. The van der Waals surface area contributed by atoms with Crippen LogP contribution in [0.2, 0.25) is 0 Å². The molecule has 64 valence electrons. The quantitative estimate of drug-likeness (QED) is 0.607. The van der Waals surface area contributed by atoms with Crippen molar-refractivity contribution in [2.24, 2.45) is 0 Å². The van der Waals surface area contributed by atoms with E-state index < -0.39 is 0 Å². The number of hydrogen-bond donors (Lipinski definition) is 1. The fraction of sp³-hybridized carbons (Fsp3) is 0.500. The Morgan fingerprint density at radius 3 is 3.08 bits per heavy atom. The Kier molecular flexibility index (Phi) is 1.28. The highest BCUT2D eigenvalue weighted by Gasteiger charge is 2.28. The highest BCUT2D eigenvalue weighted by molar-refractivity contribution is 5.34. The van der Waals surface area contributed by atoms with Gasteiger partial charge in [-0.2, -0.15) is 0 Å². The Morgan fingerprint density at radius 1 is 1.67 bits per heavy atom. The number of nitrogens with zero attached hydrogens (tertiary/aromatic N) is 2. The van der Waals surface area contributed by atoms with Gasteiger partial charge in [-0.1, -0.05) is 0 Å². The van der Waals surface area contributed by atoms with E-state index in [-0.39, 0.29) is 11.1 Å². The molecule has 1 N–H and O–H groups in total. The van der Waals surface area contributed by atoms with Crippen molar-refractivity contribution in [3.05, 3.63) is 22.6 Å². The van der Waals surface area contributed by atoms with Gasteiger partial charge in [-0.15, -0.1) is 0 Å². The van der Waals surface area contributed by atoms with Crippen molar-refractivity contribution in [2.75, 3.05) is 5.32 Å². The monoisotopic (exact) mass is 165 g/mol. The number of hydrogen-bond acceptors (Lipinski definition) is 3. The van der Waals surface area contributed by atoms with Crippen LogP contribution in [-0.4, -0.2) is 15.1 Å². The Hall–Kier alpha value is -1.32. The largest absolute Gasteiger partial charge is 0.349 e. The first kappa shape index (κ1) is 7.34. The Labute approximate surface area is 70.2 Å². The van der Waals surface area contributed by atoms with E-state index in [1.807, 2.05) is 13.8 Å². The molecule has 0 unspecified atom stereocenters. The SMILES string of the molecule is CC1(C)Cn2c(nccc2=O)N1. The maximum Gasteiger partial charge on any atom is 0.254 e. The van der Waals surface area contributed by atoms with Crippen LogP contribution in [0, 0.1) is 0 Å². The summed E-state index contributed by atoms with van der Waals surface area (Å²) in [4.78, 5) is 15.3. The Bertz CT molecular complexity index is 367. The predicted octanol–water partition coefficient (Wildman–Crippen LogP) is 0.447. The van der Waals surface area contributed by atoms with E-state index >= 15 is 0 Å². The highest BCUT2D eigenvalue weighted by atomic mass is 16.1. The summed E-state index contributed by atoms with van der Waals surface area (Å²) in [5.74, 6) is 0.674. The average molecular weight is 165 g/mol. The topological polar surface area (TPSA) is 46.9 Å². The molecule has 2 rings (SSSR count). The summed E-state index contributed by atoms with van der Waals surface area (Å²) in [6.07, 6.45) is 1.53. The second kappa shape index (κ2) is 2.09. The molecule has 0 saturated carbocycles. The molecule has 12 heavy (non-hydrogen) atoms. The second-order valence-corrected chi connectivity index (χ2v) is 3.70. The van der Waals surface area contributed by atoms with Crippen molar-refractivity contribution in [1.82, 2.24) is 9.55 Å². The zero-order chi connectivity index (χ0) is 8.77. The van der Waals surface area contributed by atoms with Crippen molar-refractivity contribution in [3.8, 4) is 0 Å². The van der Waals surface area contributed by atoms with Crippen LogP contribution in [0.5, 0.6) is 0 Å². The molecular formula is C8H11N3O. The Morgan fingerprint density at radius 2 is 2.42 bits per heavy atom. The summed E-state index contributed by atoms with van der Waals surface area (Å²) >= 11 is 0. The molecule has 0 saturated heterocycles. The van der Waals surface area contributed by atoms with Crippen molar-refractivity contribution < 1.29 is 0 Å². The predicted molar refractivity (Wildman–Crippen MR) is 46.2 cm³/mol. The van der Waals surface area contributed by atoms with E-state index in [0.29, 0.717) is 12.5 Å². The van der Waals surface area contributed by atoms with Crippen LogP contribution < -0.4 is 10.9 Å². The first-order valence-electron chi connectivity index (χ1n) is 3.92. The number of anilines is 1. The molecule has 1 aliphatic rings. The van der Waals surface area contributed by atoms with Crippen LogP contribution in [0.15, 0.2) is 17.1 Å². The minimum absolute atomic E-state index is 0.0121. The first-order valence-corrected chi connectivity index (χ1v) is 3.92. The van der Waals surface area contributed by atoms with E-state index in [4.69, 9.17) is 0 Å². The molecule has 0 fully saturated rings. The molecule has 4 nitrogen and oxygen atoms in total. The summed E-state index contributed by atoms with van der Waals surface area (Å²) in [7, 11) is 0. The van der Waals surface area contributed by atoms with Gasteiger partial charge < -0.3 is 5.32 Å². The highest BCUT2D eigenvalue weighted by Crippen LogP contribution is 2.20. The molecule has 1 aliphatic heterocycles. The van der Waals surface area contributed by atoms with Gasteiger partial charge in [-0.3, -0.25) is 9.36 Å². The summed E-state index contributed by atoms with van der Waals surface area (Å²) in [6.45, 7) is 4.78. The van der Waals surface area contributed by atoms with E-state index in [1.165, 1.54) is 12.3 Å². The Balaban J connectivity index is 2.56. The van der Waals surface area contributed by atoms with Crippen LogP contribution in [0.3, 0.4) is 0 Å². The van der Waals surface area contributed by atoms with E-state index in [9.17, 15) is 4.79 Å². The number of fused-ring (bicyclic) bond motifs is 1. The van der Waals surface area contributed by atoms with Gasteiger partial charge in [-0.05, 0) is 13.8 Å². The van der Waals surface area contributed by atoms with Gasteiger partial charge in [0, 0.05) is 12.3 Å². The molecule has 0 aromatic carbocycles. The van der Waals surface area contributed by atoms with E-state index in [0.717, 1.165) is 0 Å². The third kappa shape index (κ3) is 0.995. The van der Waals surface area contributed by atoms with Crippen LogP contribution in [0.1, 0.15) is 13.8 Å². The maximum absolute atomic E-state index is 11.3. The number of rotatable bonds is 0. The molecular weight excluding hydrogens is 154 g/mol. The molecule has 1 aromatic rings. The van der Waals surface area contributed by atoms with Gasteiger partial charge in [0.1, 0.15) is 0 Å². The van der Waals surface area contributed by atoms with Crippen LogP contribution in [-0.2, 0) is 6.54 Å². The summed E-state index contributed by atoms with van der Waals surface area (Å²) in [5.41, 5.74) is -0.0429. The zero-order valence-electron chi connectivity index (χ0n) is 7.16. The van der Waals surface area contributed by atoms with Crippen molar-refractivity contribution in [1.29, 1.82) is 0 Å². The van der Waals surface area contributed by atoms with E-state index in [2.05, 4.69) is 10.3 Å². The molecule has 4 heteroatoms. The number of aromatic nitrogens is 2. The molecule has 0 spiro atoms. The fourth-order valence-electron chi connectivity index (χ4n) is 1.43. The second-order valence-electron chi connectivity index (χ2n) is 3.70. The lowest BCUT2D eigenvalue weighted by molar-refractivity contribution is 0.517. The lowest BCUT2D eigenvalue weighted by Crippen LogP contribution is -2.29. The lowest BCUT2D eigenvalue weighted by atomic mass is 10.1. The first-order chi connectivity index (χ1) is 5.58. The summed E-state index contributed by atoms with van der Waals surface area (Å²) < 4.78 is 1.65. The average Bonchev–Trinajstić information content (AvgIpc) is 2.25. The van der Waals surface area contributed by atoms with Crippen LogP contribution in [0.25, 0.3) is 0 Å². The standard InChI is InChI=1S/C8H11N3O/c1-8(2)5-11-6(12)3-4-9-7(11)10-8/h3-4H,5H2,1-2H3,(H,9,10). The molecule has 0 amide bonds. The normalized spacial score (nSPS) is 18.5. The van der Waals surface area contributed by atoms with Gasteiger partial charge in [0.25, 0.3) is 5.56 Å². The minimum Gasteiger partial charge on any atom is -0.349 e. The molecule has 0 bridgehead atoms. The summed E-state index contributed by atoms with van der Waals surface area (Å²) in [5, 5.41) is 3.17. The molecule has 1 aromatic heterocycles. The van der Waals surface area contributed by atoms with E-state index in [1.54, 1.807) is 4.57 Å². The van der Waals surface area contributed by atoms with Gasteiger partial charge in [0.2, 0.25) is 5.95 Å². The van der Waals surface area contributed by atoms with Crippen molar-refractivity contribution >= 4 is 5.95 Å². The molecule has 0 aliphatic carbocycles. The zero-order valence-corrected chi connectivity index (χ0v) is 7.16. The number of nitrogens with one attached hydrogen (secondary N) is 1. The smallest absolute Gasteiger partial charge is 0.254 e. The minimum atomic E-state index is -0.0550. The van der Waals surface area contributed by atoms with Crippen molar-refractivity contribution in [2.45, 2.75) is 25.9 Å². The lowest BCUT2D eigenvalue weighted by Gasteiger charge is -2.15. The molecule has 2 heterocycles. The fourth-order valence-corrected chi connectivity index (χ4v) is 1.43. The molecule has 0 atom stereocenters. The van der Waals surface area contributed by atoms with Gasteiger partial charge in [0.15, 0.2) is 0 Å². The molecule has 0 radical (unpaired) electrons. The van der Waals surface area contributed by atoms with Crippen LogP contribution in [0.4, 0.5) is 5.95 Å². The van der Waals surface area contributed by atoms with Crippen LogP contribution >= 0.6 is 0 Å². The van der Waals surface area contributed by atoms with Crippen molar-refractivity contribution in [3.63, 3.8) is 0 Å². The third-order valence-corrected chi connectivity index (χ3v) is 1.94. The van der Waals surface area contributed by atoms with Gasteiger partial charge in [0.05, 0.1) is 12.1 Å². The van der Waals surface area contributed by atoms with Gasteiger partial charge >= 0.3 is 0 Å². The third-order valence-electron chi connectivity index (χ3n) is 1.94.